The third-order valence-electron chi connectivity index (χ3n) is 3.15. The Bertz CT molecular complexity index is 443. The van der Waals surface area contributed by atoms with Crippen molar-refractivity contribution in [1.82, 2.24) is 5.32 Å². The van der Waals surface area contributed by atoms with Crippen LogP contribution in [0.4, 0.5) is 4.79 Å². The average molecular weight is 265 g/mol. The van der Waals surface area contributed by atoms with Crippen LogP contribution in [0.15, 0.2) is 24.3 Å². The van der Waals surface area contributed by atoms with Crippen LogP contribution in [0.3, 0.4) is 0 Å². The Kier molecular flexibility index (Phi) is 5.51. The van der Waals surface area contributed by atoms with Gasteiger partial charge in [-0.15, -0.1) is 0 Å². The van der Waals surface area contributed by atoms with Gasteiger partial charge in [-0.25, -0.2) is 4.79 Å². The molecule has 0 aliphatic carbocycles. The fourth-order valence-corrected chi connectivity index (χ4v) is 1.66. The number of likely N-dealkylation sites (N-methyl/N-ethyl adjacent to an activating group) is 1. The minimum atomic E-state index is -0.722. The molecule has 0 aliphatic heterocycles. The highest BCUT2D eigenvalue weighted by molar-refractivity contribution is 5.93. The summed E-state index contributed by atoms with van der Waals surface area (Å²) < 4.78 is 4.40. The first-order valence-electron chi connectivity index (χ1n) is 6.20. The maximum atomic E-state index is 11.8. The number of rotatable bonds is 4. The molecule has 0 radical (unpaired) electrons. The molecule has 5 heteroatoms. The van der Waals surface area contributed by atoms with E-state index in [2.05, 4.69) is 10.1 Å². The number of carbonyl (C=O) groups is 2. The van der Waals surface area contributed by atoms with Crippen LogP contribution < -0.4 is 10.2 Å². The van der Waals surface area contributed by atoms with E-state index in [0.717, 1.165) is 17.0 Å². The number of hydrogen-bond acceptors (Lipinski definition) is 3. The molecule has 0 heterocycles. The molecule has 1 rings (SSSR count). The standard InChI is InChI=1S/C14H20N2O3/c1-10-5-7-12(8-6-10)9-16(3)11(2)13(17)15-14(18)19-4/h5-8,11H,9H2,1-4H3,(H,15,17,18)/p+1/t11-/m1/s1. The molecule has 0 fully saturated rings. The molecule has 2 amide bonds. The predicted molar refractivity (Wildman–Crippen MR) is 71.8 cm³/mol. The van der Waals surface area contributed by atoms with Gasteiger partial charge in [-0.2, -0.15) is 0 Å². The second kappa shape index (κ2) is 6.89. The third-order valence-corrected chi connectivity index (χ3v) is 3.15. The molecule has 1 aromatic rings. The van der Waals surface area contributed by atoms with Crippen molar-refractivity contribution >= 4 is 12.0 Å². The number of nitrogens with one attached hydrogen (secondary N) is 2. The van der Waals surface area contributed by atoms with Crippen molar-refractivity contribution in [3.63, 3.8) is 0 Å². The quantitative estimate of drug-likeness (QED) is 0.822. The van der Waals surface area contributed by atoms with Crippen LogP contribution in [0.25, 0.3) is 0 Å². The second-order valence-electron chi connectivity index (χ2n) is 4.71. The third kappa shape index (κ3) is 4.71. The number of benzene rings is 1. The number of methoxy groups -OCH3 is 1. The van der Waals surface area contributed by atoms with E-state index in [9.17, 15) is 9.59 Å². The lowest BCUT2D eigenvalue weighted by Gasteiger charge is -2.20. The van der Waals surface area contributed by atoms with Crippen LogP contribution in [0.5, 0.6) is 0 Å². The summed E-state index contributed by atoms with van der Waals surface area (Å²) in [4.78, 5) is 23.8. The Labute approximate surface area is 113 Å². The van der Waals surface area contributed by atoms with E-state index in [0.29, 0.717) is 0 Å². The minimum Gasteiger partial charge on any atom is -0.453 e. The van der Waals surface area contributed by atoms with Gasteiger partial charge in [0.05, 0.1) is 14.2 Å². The van der Waals surface area contributed by atoms with E-state index in [1.165, 1.54) is 12.7 Å². The molecule has 0 spiro atoms. The van der Waals surface area contributed by atoms with Crippen LogP contribution in [0.2, 0.25) is 0 Å². The van der Waals surface area contributed by atoms with E-state index >= 15 is 0 Å². The van der Waals surface area contributed by atoms with Crippen LogP contribution >= 0.6 is 0 Å². The van der Waals surface area contributed by atoms with Crippen molar-refractivity contribution in [2.75, 3.05) is 14.2 Å². The maximum absolute atomic E-state index is 11.8. The lowest BCUT2D eigenvalue weighted by molar-refractivity contribution is -0.908. The predicted octanol–water partition coefficient (Wildman–Crippen LogP) is 0.281. The molecule has 1 aromatic carbocycles. The molecule has 104 valence electrons. The number of ether oxygens (including phenoxy) is 1. The van der Waals surface area contributed by atoms with Gasteiger partial charge in [0.15, 0.2) is 6.04 Å². The van der Waals surface area contributed by atoms with Crippen molar-refractivity contribution in [2.24, 2.45) is 0 Å². The number of quaternary nitrogens is 1. The summed E-state index contributed by atoms with van der Waals surface area (Å²) in [6.07, 6.45) is -0.722. The van der Waals surface area contributed by atoms with Gasteiger partial charge >= 0.3 is 6.09 Å². The van der Waals surface area contributed by atoms with Crippen LogP contribution in [-0.2, 0) is 16.1 Å². The Morgan fingerprint density at radius 1 is 1.32 bits per heavy atom. The smallest absolute Gasteiger partial charge is 0.413 e. The molecule has 0 saturated carbocycles. The fourth-order valence-electron chi connectivity index (χ4n) is 1.66. The van der Waals surface area contributed by atoms with Crippen LogP contribution in [0.1, 0.15) is 18.1 Å². The number of aryl methyl sites for hydroxylation is 1. The molecular weight excluding hydrogens is 244 g/mol. The first kappa shape index (κ1) is 15.2. The zero-order chi connectivity index (χ0) is 14.4. The van der Waals surface area contributed by atoms with Gasteiger partial charge in [-0.05, 0) is 13.8 Å². The summed E-state index contributed by atoms with van der Waals surface area (Å²) in [5, 5.41) is 2.18. The molecule has 5 nitrogen and oxygen atoms in total. The zero-order valence-corrected chi connectivity index (χ0v) is 11.8. The van der Waals surface area contributed by atoms with Gasteiger partial charge in [0.25, 0.3) is 5.91 Å². The van der Waals surface area contributed by atoms with Crippen molar-refractivity contribution in [3.05, 3.63) is 35.4 Å². The molecule has 2 N–H and O–H groups in total. The molecule has 1 unspecified atom stereocenters. The summed E-state index contributed by atoms with van der Waals surface area (Å²) in [7, 11) is 3.15. The SMILES string of the molecule is COC(=O)NC(=O)[C@@H](C)[NH+](C)Cc1ccc(C)cc1. The number of carbonyl (C=O) groups excluding carboxylic acids is 2. The lowest BCUT2D eigenvalue weighted by Crippen LogP contribution is -3.12. The molecule has 2 atom stereocenters. The van der Waals surface area contributed by atoms with Crippen LogP contribution in [-0.4, -0.2) is 32.2 Å². The highest BCUT2D eigenvalue weighted by Gasteiger charge is 2.23. The summed E-state index contributed by atoms with van der Waals surface area (Å²) in [6, 6.07) is 7.84. The molecule has 19 heavy (non-hydrogen) atoms. The summed E-state index contributed by atoms with van der Waals surface area (Å²) in [5.41, 5.74) is 2.36. The fraction of sp³-hybridized carbons (Fsp3) is 0.429. The van der Waals surface area contributed by atoms with Crippen molar-refractivity contribution in [3.8, 4) is 0 Å². The maximum Gasteiger partial charge on any atom is 0.413 e. The van der Waals surface area contributed by atoms with Gasteiger partial charge in [0.2, 0.25) is 0 Å². The van der Waals surface area contributed by atoms with E-state index in [4.69, 9.17) is 0 Å². The Hall–Kier alpha value is -1.88. The highest BCUT2D eigenvalue weighted by atomic mass is 16.5. The summed E-state index contributed by atoms with van der Waals surface area (Å²) in [6.45, 7) is 4.53. The summed E-state index contributed by atoms with van der Waals surface area (Å²) >= 11 is 0. The van der Waals surface area contributed by atoms with E-state index < -0.39 is 6.09 Å². The number of alkyl carbamates (subject to hydrolysis) is 1. The monoisotopic (exact) mass is 265 g/mol. The van der Waals surface area contributed by atoms with E-state index in [1.807, 2.05) is 38.2 Å². The molecule has 0 bridgehead atoms. The molecular formula is C14H21N2O3+. The first-order valence-corrected chi connectivity index (χ1v) is 6.20. The minimum absolute atomic E-state index is 0.333. The van der Waals surface area contributed by atoms with Crippen LogP contribution in [0, 0.1) is 6.92 Å². The van der Waals surface area contributed by atoms with Gasteiger partial charge in [-0.1, -0.05) is 29.8 Å². The molecule has 0 saturated heterocycles. The molecule has 0 aliphatic rings. The van der Waals surface area contributed by atoms with Gasteiger partial charge in [-0.3, -0.25) is 10.1 Å². The van der Waals surface area contributed by atoms with Gasteiger partial charge in [0.1, 0.15) is 6.54 Å². The van der Waals surface area contributed by atoms with E-state index in [-0.39, 0.29) is 11.9 Å². The zero-order valence-electron chi connectivity index (χ0n) is 11.8. The van der Waals surface area contributed by atoms with Crippen molar-refractivity contribution in [2.45, 2.75) is 26.4 Å². The summed E-state index contributed by atoms with van der Waals surface area (Å²) in [5.74, 6) is -0.337. The molecule has 0 aromatic heterocycles. The largest absolute Gasteiger partial charge is 0.453 e. The number of hydrogen-bond donors (Lipinski definition) is 2. The average Bonchev–Trinajstić information content (AvgIpc) is 2.40. The highest BCUT2D eigenvalue weighted by Crippen LogP contribution is 2.01. The second-order valence-corrected chi connectivity index (χ2v) is 4.71. The van der Waals surface area contributed by atoms with Crippen molar-refractivity contribution < 1.29 is 19.2 Å². The Morgan fingerprint density at radius 3 is 2.42 bits per heavy atom. The number of amides is 2. The Morgan fingerprint density at radius 2 is 1.89 bits per heavy atom. The number of imide groups is 1. The van der Waals surface area contributed by atoms with Gasteiger partial charge in [0, 0.05) is 5.56 Å². The lowest BCUT2D eigenvalue weighted by atomic mass is 10.1. The van der Waals surface area contributed by atoms with Crippen molar-refractivity contribution in [1.29, 1.82) is 0 Å². The Balaban J connectivity index is 2.56. The van der Waals surface area contributed by atoms with E-state index in [1.54, 1.807) is 6.92 Å². The van der Waals surface area contributed by atoms with Gasteiger partial charge < -0.3 is 9.64 Å². The normalized spacial score (nSPS) is 13.5. The first-order chi connectivity index (χ1) is 8.93. The topological polar surface area (TPSA) is 59.8 Å².